The van der Waals surface area contributed by atoms with Crippen molar-refractivity contribution in [3.05, 3.63) is 75.8 Å². The number of aromatic nitrogens is 4. The molecule has 0 bridgehead atoms. The lowest BCUT2D eigenvalue weighted by atomic mass is 9.94. The van der Waals surface area contributed by atoms with Crippen LogP contribution >= 0.6 is 11.6 Å². The lowest BCUT2D eigenvalue weighted by Crippen LogP contribution is -2.25. The first-order valence-corrected chi connectivity index (χ1v) is 7.80. The Morgan fingerprint density at radius 2 is 1.79 bits per heavy atom. The fraction of sp³-hybridized carbons (Fsp3) is 0.0588. The zero-order valence-corrected chi connectivity index (χ0v) is 13.0. The Balaban J connectivity index is 1.77. The summed E-state index contributed by atoms with van der Waals surface area (Å²) in [5.41, 5.74) is 3.90. The van der Waals surface area contributed by atoms with Crippen molar-refractivity contribution in [3.63, 3.8) is 0 Å². The number of allylic oxidation sites excluding steroid dienone is 1. The molecule has 1 aliphatic heterocycles. The molecule has 1 N–H and O–H groups in total. The fourth-order valence-electron chi connectivity index (χ4n) is 3.34. The van der Waals surface area contributed by atoms with Crippen LogP contribution in [0.5, 0.6) is 0 Å². The zero-order chi connectivity index (χ0) is 16.3. The number of carbonyl (C=O) groups excluding carboxylic acids is 1. The minimum absolute atomic E-state index is 0.00537. The number of tetrazole rings is 1. The van der Waals surface area contributed by atoms with Gasteiger partial charge in [0.25, 0.3) is 0 Å². The third kappa shape index (κ3) is 1.71. The van der Waals surface area contributed by atoms with Gasteiger partial charge >= 0.3 is 0 Å². The molecule has 2 aromatic carbocycles. The first-order chi connectivity index (χ1) is 11.7. The monoisotopic (exact) mass is 335 g/mol. The minimum Gasteiger partial charge on any atom is -0.322 e. The molecule has 1 aliphatic carbocycles. The maximum absolute atomic E-state index is 13.0. The number of anilines is 1. The highest BCUT2D eigenvalue weighted by Crippen LogP contribution is 2.44. The van der Waals surface area contributed by atoms with E-state index in [4.69, 9.17) is 11.6 Å². The summed E-state index contributed by atoms with van der Waals surface area (Å²) in [5, 5.41) is 15.7. The summed E-state index contributed by atoms with van der Waals surface area (Å²) in [6, 6.07) is 14.6. The number of ketones is 1. The Morgan fingerprint density at radius 1 is 1.04 bits per heavy atom. The number of nitrogens with zero attached hydrogens (tertiary/aromatic N) is 4. The lowest BCUT2D eigenvalue weighted by Gasteiger charge is -2.25. The number of hydrogen-bond donors (Lipinski definition) is 1. The number of rotatable bonds is 1. The number of benzene rings is 2. The van der Waals surface area contributed by atoms with E-state index in [9.17, 15) is 4.79 Å². The van der Waals surface area contributed by atoms with E-state index >= 15 is 0 Å². The van der Waals surface area contributed by atoms with E-state index in [-0.39, 0.29) is 11.8 Å². The summed E-state index contributed by atoms with van der Waals surface area (Å²) in [6.07, 6.45) is 0. The predicted octanol–water partition coefficient (Wildman–Crippen LogP) is 2.95. The molecule has 2 heterocycles. The van der Waals surface area contributed by atoms with Crippen LogP contribution in [0.2, 0.25) is 5.02 Å². The van der Waals surface area contributed by atoms with Crippen LogP contribution in [0.15, 0.2) is 54.1 Å². The van der Waals surface area contributed by atoms with E-state index in [1.807, 2.05) is 36.4 Å². The summed E-state index contributed by atoms with van der Waals surface area (Å²) in [7, 11) is 0. The maximum Gasteiger partial charge on any atom is 0.248 e. The molecule has 0 fully saturated rings. The molecule has 24 heavy (non-hydrogen) atoms. The third-order valence-corrected chi connectivity index (χ3v) is 4.64. The SMILES string of the molecule is O=C1C2=C(Nc3nnnn3C2c2ccc(Cl)cc2)c2ccccc21. The molecule has 0 spiro atoms. The Bertz CT molecular complexity index is 1020. The largest absolute Gasteiger partial charge is 0.322 e. The molecule has 0 saturated heterocycles. The van der Waals surface area contributed by atoms with Gasteiger partial charge in [-0.25, -0.2) is 0 Å². The molecule has 116 valence electrons. The van der Waals surface area contributed by atoms with Crippen molar-refractivity contribution in [2.24, 2.45) is 0 Å². The van der Waals surface area contributed by atoms with Crippen LogP contribution in [0.25, 0.3) is 5.70 Å². The molecule has 3 aromatic rings. The van der Waals surface area contributed by atoms with E-state index < -0.39 is 0 Å². The number of halogens is 1. The van der Waals surface area contributed by atoms with Crippen molar-refractivity contribution in [2.75, 3.05) is 5.32 Å². The molecule has 5 rings (SSSR count). The molecule has 0 amide bonds. The van der Waals surface area contributed by atoms with Gasteiger partial charge in [-0.15, -0.1) is 0 Å². The summed E-state index contributed by atoms with van der Waals surface area (Å²) in [6.45, 7) is 0. The van der Waals surface area contributed by atoms with E-state index in [0.29, 0.717) is 22.1 Å². The molecule has 0 radical (unpaired) electrons. The summed E-state index contributed by atoms with van der Waals surface area (Å²) < 4.78 is 1.63. The first kappa shape index (κ1) is 13.4. The van der Waals surface area contributed by atoms with Crippen LogP contribution in [0.4, 0.5) is 5.95 Å². The molecular formula is C17H10ClN5O. The Labute approximate surface area is 141 Å². The van der Waals surface area contributed by atoms with E-state index in [1.165, 1.54) is 0 Å². The third-order valence-electron chi connectivity index (χ3n) is 4.39. The van der Waals surface area contributed by atoms with Crippen molar-refractivity contribution in [1.82, 2.24) is 20.2 Å². The van der Waals surface area contributed by atoms with Gasteiger partial charge in [0.15, 0.2) is 5.78 Å². The van der Waals surface area contributed by atoms with Crippen LogP contribution in [0, 0.1) is 0 Å². The van der Waals surface area contributed by atoms with Crippen molar-refractivity contribution in [3.8, 4) is 0 Å². The van der Waals surface area contributed by atoms with Gasteiger partial charge in [0.05, 0.1) is 11.3 Å². The Kier molecular flexibility index (Phi) is 2.66. The topological polar surface area (TPSA) is 72.7 Å². The summed E-state index contributed by atoms with van der Waals surface area (Å²) in [5.74, 6) is 0.507. The molecule has 7 heteroatoms. The summed E-state index contributed by atoms with van der Waals surface area (Å²) >= 11 is 6.00. The van der Waals surface area contributed by atoms with E-state index in [2.05, 4.69) is 20.8 Å². The maximum atomic E-state index is 13.0. The Morgan fingerprint density at radius 3 is 2.58 bits per heavy atom. The van der Waals surface area contributed by atoms with Crippen molar-refractivity contribution in [1.29, 1.82) is 0 Å². The normalized spacial score (nSPS) is 18.0. The molecule has 1 unspecified atom stereocenters. The van der Waals surface area contributed by atoms with Gasteiger partial charge in [0.1, 0.15) is 6.04 Å². The highest BCUT2D eigenvalue weighted by atomic mass is 35.5. The highest BCUT2D eigenvalue weighted by Gasteiger charge is 2.41. The second-order valence-corrected chi connectivity index (χ2v) is 6.13. The van der Waals surface area contributed by atoms with Crippen LogP contribution < -0.4 is 5.32 Å². The number of nitrogens with one attached hydrogen (secondary N) is 1. The van der Waals surface area contributed by atoms with Crippen LogP contribution in [0.1, 0.15) is 27.5 Å². The molecule has 6 nitrogen and oxygen atoms in total. The van der Waals surface area contributed by atoms with Gasteiger partial charge in [0.2, 0.25) is 5.95 Å². The number of Topliss-reactive ketones (excluding diaryl/α,β-unsaturated/α-hetero) is 1. The second-order valence-electron chi connectivity index (χ2n) is 5.69. The highest BCUT2D eigenvalue weighted by molar-refractivity contribution is 6.30. The van der Waals surface area contributed by atoms with Crippen LogP contribution in [-0.2, 0) is 0 Å². The smallest absolute Gasteiger partial charge is 0.248 e. The van der Waals surface area contributed by atoms with Gasteiger partial charge in [0, 0.05) is 16.1 Å². The Hall–Kier alpha value is -2.99. The molecule has 1 aromatic heterocycles. The van der Waals surface area contributed by atoms with Crippen LogP contribution in [-0.4, -0.2) is 26.0 Å². The summed E-state index contributed by atoms with van der Waals surface area (Å²) in [4.78, 5) is 13.0. The average molecular weight is 336 g/mol. The zero-order valence-electron chi connectivity index (χ0n) is 12.3. The molecule has 2 aliphatic rings. The lowest BCUT2D eigenvalue weighted by molar-refractivity contribution is 0.102. The van der Waals surface area contributed by atoms with Gasteiger partial charge < -0.3 is 5.32 Å². The van der Waals surface area contributed by atoms with E-state index in [0.717, 1.165) is 16.8 Å². The number of fused-ring (bicyclic) bond motifs is 3. The predicted molar refractivity (Wildman–Crippen MR) is 88.7 cm³/mol. The minimum atomic E-state index is -0.386. The number of hydrogen-bond acceptors (Lipinski definition) is 5. The van der Waals surface area contributed by atoms with E-state index in [1.54, 1.807) is 16.8 Å². The standard InChI is InChI=1S/C17H10ClN5O/c18-10-7-5-9(6-8-10)15-13-14(19-17-20-21-22-23(15)17)11-3-1-2-4-12(11)16(13)24/h1-8,15H,(H,19,20,22). The van der Waals surface area contributed by atoms with Crippen molar-refractivity contribution in [2.45, 2.75) is 6.04 Å². The van der Waals surface area contributed by atoms with Gasteiger partial charge in [-0.3, -0.25) is 4.79 Å². The number of carbonyl (C=O) groups is 1. The van der Waals surface area contributed by atoms with Crippen LogP contribution in [0.3, 0.4) is 0 Å². The quantitative estimate of drug-likeness (QED) is 0.740. The molecule has 1 atom stereocenters. The second kappa shape index (κ2) is 4.75. The average Bonchev–Trinajstić information content (AvgIpc) is 3.18. The fourth-order valence-corrected chi connectivity index (χ4v) is 3.46. The van der Waals surface area contributed by atoms with Crippen molar-refractivity contribution < 1.29 is 4.79 Å². The first-order valence-electron chi connectivity index (χ1n) is 7.42. The van der Waals surface area contributed by atoms with Crippen molar-refractivity contribution >= 4 is 29.0 Å². The molecule has 0 saturated carbocycles. The molecular weight excluding hydrogens is 326 g/mol. The van der Waals surface area contributed by atoms with Gasteiger partial charge in [-0.05, 0) is 28.1 Å². The van der Waals surface area contributed by atoms with Gasteiger partial charge in [-0.2, -0.15) is 4.68 Å². The van der Waals surface area contributed by atoms with Gasteiger partial charge in [-0.1, -0.05) is 53.1 Å².